The van der Waals surface area contributed by atoms with Crippen LogP contribution in [-0.2, 0) is 20.9 Å². The fourth-order valence-electron chi connectivity index (χ4n) is 4.27. The van der Waals surface area contributed by atoms with E-state index in [1.165, 1.54) is 5.56 Å². The summed E-state index contributed by atoms with van der Waals surface area (Å²) in [5.41, 5.74) is 3.44. The number of piperazine rings is 1. The van der Waals surface area contributed by atoms with Crippen LogP contribution in [0.2, 0.25) is 0 Å². The minimum atomic E-state index is -0.432. The highest BCUT2D eigenvalue weighted by molar-refractivity contribution is 5.88. The average Bonchev–Trinajstić information content (AvgIpc) is 2.74. The lowest BCUT2D eigenvalue weighted by atomic mass is 9.99. The SMILES string of the molecule is COc1ccc(CN2CCNC(=O)C2CC(=O)N2CCC(OC)CC2)c(C)c1C. The molecule has 0 spiro atoms. The molecule has 7 heteroatoms. The van der Waals surface area contributed by atoms with Crippen LogP contribution in [0.25, 0.3) is 0 Å². The molecule has 7 nitrogen and oxygen atoms in total. The third kappa shape index (κ3) is 4.90. The monoisotopic (exact) mass is 403 g/mol. The molecule has 1 unspecified atom stereocenters. The van der Waals surface area contributed by atoms with E-state index in [2.05, 4.69) is 23.2 Å². The van der Waals surface area contributed by atoms with Gasteiger partial charge in [-0.2, -0.15) is 0 Å². The van der Waals surface area contributed by atoms with Gasteiger partial charge in [-0.15, -0.1) is 0 Å². The van der Waals surface area contributed by atoms with Gasteiger partial charge in [0.15, 0.2) is 0 Å². The van der Waals surface area contributed by atoms with Gasteiger partial charge in [-0.05, 0) is 49.4 Å². The van der Waals surface area contributed by atoms with E-state index in [-0.39, 0.29) is 24.3 Å². The number of nitrogens with one attached hydrogen (secondary N) is 1. The normalized spacial score (nSPS) is 21.2. The maximum absolute atomic E-state index is 12.9. The van der Waals surface area contributed by atoms with Gasteiger partial charge in [-0.3, -0.25) is 14.5 Å². The van der Waals surface area contributed by atoms with Crippen molar-refractivity contribution in [3.05, 3.63) is 28.8 Å². The van der Waals surface area contributed by atoms with Crippen LogP contribution in [0, 0.1) is 13.8 Å². The number of amides is 2. The van der Waals surface area contributed by atoms with Gasteiger partial charge in [-0.1, -0.05) is 6.07 Å². The van der Waals surface area contributed by atoms with Crippen LogP contribution in [0.3, 0.4) is 0 Å². The Morgan fingerprint density at radius 2 is 1.86 bits per heavy atom. The molecule has 2 aliphatic heterocycles. The molecule has 3 rings (SSSR count). The van der Waals surface area contributed by atoms with Crippen LogP contribution >= 0.6 is 0 Å². The van der Waals surface area contributed by atoms with Crippen molar-refractivity contribution < 1.29 is 19.1 Å². The molecule has 0 bridgehead atoms. The third-order valence-corrected chi connectivity index (χ3v) is 6.38. The van der Waals surface area contributed by atoms with Crippen molar-refractivity contribution in [3.63, 3.8) is 0 Å². The summed E-state index contributed by atoms with van der Waals surface area (Å²) in [5, 5.41) is 2.93. The largest absolute Gasteiger partial charge is 0.496 e. The molecule has 2 aliphatic rings. The Balaban J connectivity index is 1.69. The number of ether oxygens (including phenoxy) is 2. The number of carbonyl (C=O) groups is 2. The Morgan fingerprint density at radius 1 is 1.14 bits per heavy atom. The predicted octanol–water partition coefficient (Wildman–Crippen LogP) is 1.64. The lowest BCUT2D eigenvalue weighted by molar-refractivity contribution is -0.140. The summed E-state index contributed by atoms with van der Waals surface area (Å²) in [6, 6.07) is 3.60. The van der Waals surface area contributed by atoms with Crippen molar-refractivity contribution in [2.45, 2.75) is 51.8 Å². The molecule has 160 valence electrons. The van der Waals surface area contributed by atoms with Crippen LogP contribution in [-0.4, -0.2) is 74.2 Å². The van der Waals surface area contributed by atoms with E-state index in [1.54, 1.807) is 14.2 Å². The molecule has 1 aromatic carbocycles. The fourth-order valence-corrected chi connectivity index (χ4v) is 4.27. The van der Waals surface area contributed by atoms with E-state index in [4.69, 9.17) is 9.47 Å². The van der Waals surface area contributed by atoms with Crippen LogP contribution < -0.4 is 10.1 Å². The highest BCUT2D eigenvalue weighted by atomic mass is 16.5. The van der Waals surface area contributed by atoms with Gasteiger partial charge < -0.3 is 19.7 Å². The summed E-state index contributed by atoms with van der Waals surface area (Å²) in [4.78, 5) is 29.5. The van der Waals surface area contributed by atoms with Gasteiger partial charge in [0.1, 0.15) is 5.75 Å². The van der Waals surface area contributed by atoms with Gasteiger partial charge in [0.05, 0.1) is 25.7 Å². The van der Waals surface area contributed by atoms with Gasteiger partial charge in [0, 0.05) is 39.8 Å². The van der Waals surface area contributed by atoms with Gasteiger partial charge in [-0.25, -0.2) is 0 Å². The van der Waals surface area contributed by atoms with Crippen molar-refractivity contribution in [1.82, 2.24) is 15.1 Å². The van der Waals surface area contributed by atoms with E-state index >= 15 is 0 Å². The fraction of sp³-hybridized carbons (Fsp3) is 0.636. The molecule has 2 amide bonds. The molecule has 1 N–H and O–H groups in total. The van der Waals surface area contributed by atoms with Crippen molar-refractivity contribution in [2.24, 2.45) is 0 Å². The summed E-state index contributed by atoms with van der Waals surface area (Å²) < 4.78 is 10.8. The Morgan fingerprint density at radius 3 is 2.52 bits per heavy atom. The lowest BCUT2D eigenvalue weighted by Gasteiger charge is -2.37. The summed E-state index contributed by atoms with van der Waals surface area (Å²) in [7, 11) is 3.39. The Labute approximate surface area is 173 Å². The molecule has 29 heavy (non-hydrogen) atoms. The van der Waals surface area contributed by atoms with Crippen LogP contribution in [0.5, 0.6) is 5.75 Å². The summed E-state index contributed by atoms with van der Waals surface area (Å²) in [6.45, 7) is 7.51. The second-order valence-electron chi connectivity index (χ2n) is 7.97. The quantitative estimate of drug-likeness (QED) is 0.782. The molecule has 1 atom stereocenters. The number of piperidine rings is 1. The Hall–Kier alpha value is -2.12. The van der Waals surface area contributed by atoms with Gasteiger partial charge in [0.2, 0.25) is 11.8 Å². The molecular formula is C22H33N3O4. The maximum Gasteiger partial charge on any atom is 0.237 e. The number of benzene rings is 1. The first-order valence-electron chi connectivity index (χ1n) is 10.4. The molecule has 2 fully saturated rings. The molecule has 0 radical (unpaired) electrons. The van der Waals surface area contributed by atoms with E-state index in [0.717, 1.165) is 36.3 Å². The molecule has 0 saturated carbocycles. The molecule has 2 heterocycles. The zero-order chi connectivity index (χ0) is 21.0. The van der Waals surface area contributed by atoms with E-state index in [1.807, 2.05) is 17.9 Å². The van der Waals surface area contributed by atoms with Crippen molar-refractivity contribution in [2.75, 3.05) is 40.4 Å². The topological polar surface area (TPSA) is 71.1 Å². The third-order valence-electron chi connectivity index (χ3n) is 6.38. The number of likely N-dealkylation sites (tertiary alicyclic amines) is 1. The predicted molar refractivity (Wildman–Crippen MR) is 111 cm³/mol. The Kier molecular flexibility index (Phi) is 7.14. The number of hydrogen-bond donors (Lipinski definition) is 1. The Bertz CT molecular complexity index is 744. The molecule has 2 saturated heterocycles. The van der Waals surface area contributed by atoms with Crippen molar-refractivity contribution in [3.8, 4) is 5.75 Å². The number of carbonyl (C=O) groups excluding carboxylic acids is 2. The number of methoxy groups -OCH3 is 2. The minimum Gasteiger partial charge on any atom is -0.496 e. The standard InChI is InChI=1S/C22H33N3O4/c1-15-16(2)20(29-4)6-5-17(15)14-25-12-9-23-22(27)19(25)13-21(26)24-10-7-18(28-3)8-11-24/h5-6,18-19H,7-14H2,1-4H3,(H,23,27). The second kappa shape index (κ2) is 9.59. The highest BCUT2D eigenvalue weighted by Gasteiger charge is 2.34. The number of hydrogen-bond acceptors (Lipinski definition) is 5. The van der Waals surface area contributed by atoms with E-state index in [0.29, 0.717) is 26.2 Å². The van der Waals surface area contributed by atoms with Crippen molar-refractivity contribution in [1.29, 1.82) is 0 Å². The zero-order valence-electron chi connectivity index (χ0n) is 18.0. The highest BCUT2D eigenvalue weighted by Crippen LogP contribution is 2.26. The molecule has 0 aliphatic carbocycles. The van der Waals surface area contributed by atoms with Crippen molar-refractivity contribution >= 4 is 11.8 Å². The first kappa shape index (κ1) is 21.6. The first-order valence-corrected chi connectivity index (χ1v) is 10.4. The molecular weight excluding hydrogens is 370 g/mol. The van der Waals surface area contributed by atoms with E-state index in [9.17, 15) is 9.59 Å². The maximum atomic E-state index is 12.9. The van der Waals surface area contributed by atoms with Crippen LogP contribution in [0.1, 0.15) is 36.0 Å². The minimum absolute atomic E-state index is 0.0502. The van der Waals surface area contributed by atoms with Gasteiger partial charge >= 0.3 is 0 Å². The van der Waals surface area contributed by atoms with Crippen LogP contribution in [0.4, 0.5) is 0 Å². The molecule has 0 aromatic heterocycles. The first-order chi connectivity index (χ1) is 13.9. The number of rotatable bonds is 6. The average molecular weight is 404 g/mol. The summed E-state index contributed by atoms with van der Waals surface area (Å²) in [6.07, 6.45) is 2.16. The second-order valence-corrected chi connectivity index (χ2v) is 7.97. The van der Waals surface area contributed by atoms with Crippen LogP contribution in [0.15, 0.2) is 12.1 Å². The van der Waals surface area contributed by atoms with E-state index < -0.39 is 6.04 Å². The number of nitrogens with zero attached hydrogens (tertiary/aromatic N) is 2. The molecule has 1 aromatic rings. The van der Waals surface area contributed by atoms with Gasteiger partial charge in [0.25, 0.3) is 0 Å². The smallest absolute Gasteiger partial charge is 0.237 e. The summed E-state index contributed by atoms with van der Waals surface area (Å²) >= 11 is 0. The lowest BCUT2D eigenvalue weighted by Crippen LogP contribution is -2.56. The summed E-state index contributed by atoms with van der Waals surface area (Å²) in [5.74, 6) is 0.863. The zero-order valence-corrected chi connectivity index (χ0v) is 18.0.